The van der Waals surface area contributed by atoms with Crippen LogP contribution in [0.15, 0.2) is 23.2 Å². The van der Waals surface area contributed by atoms with Gasteiger partial charge in [-0.3, -0.25) is 9.59 Å². The Hall–Kier alpha value is -3.14. The summed E-state index contributed by atoms with van der Waals surface area (Å²) in [5, 5.41) is 11.8. The lowest BCUT2D eigenvalue weighted by atomic mass is 10.1. The van der Waals surface area contributed by atoms with Crippen molar-refractivity contribution in [1.82, 2.24) is 14.2 Å². The first-order chi connectivity index (χ1) is 16.8. The van der Waals surface area contributed by atoms with E-state index in [0.717, 1.165) is 6.20 Å². The van der Waals surface area contributed by atoms with Crippen molar-refractivity contribution in [3.05, 3.63) is 41.5 Å². The maximum absolute atomic E-state index is 13.6. The minimum Gasteiger partial charge on any atom is -0.489 e. The fraction of sp³-hybridized carbons (Fsp3) is 0.429. The number of aryl methyl sites for hydroxylation is 1. The highest BCUT2D eigenvalue weighted by Gasteiger charge is 2.43. The number of aliphatic hydroxyl groups excluding tert-OH is 1. The molecular weight excluding hydrogens is 507 g/mol. The Morgan fingerprint density at radius 2 is 1.89 bits per heavy atom. The molecule has 1 saturated heterocycles. The minimum absolute atomic E-state index is 0.00369. The molecule has 0 radical (unpaired) electrons. The third-order valence-corrected chi connectivity index (χ3v) is 7.64. The molecule has 3 heterocycles. The zero-order valence-electron chi connectivity index (χ0n) is 19.2. The van der Waals surface area contributed by atoms with Crippen molar-refractivity contribution in [2.45, 2.75) is 30.0 Å². The third kappa shape index (κ3) is 4.66. The number of nitrogens with one attached hydrogen (secondary N) is 2. The number of carbonyl (C=O) groups excluding carboxylic acids is 2. The van der Waals surface area contributed by atoms with Gasteiger partial charge in [0.1, 0.15) is 10.9 Å². The number of likely N-dealkylation sites (tertiary alicyclic amines) is 1. The van der Waals surface area contributed by atoms with Gasteiger partial charge < -0.3 is 30.4 Å². The van der Waals surface area contributed by atoms with E-state index in [2.05, 4.69) is 10.0 Å². The lowest BCUT2D eigenvalue weighted by molar-refractivity contribution is -0.134. The summed E-state index contributed by atoms with van der Waals surface area (Å²) in [4.78, 5) is 26.5. The maximum Gasteiger partial charge on any atom is 0.276 e. The lowest BCUT2D eigenvalue weighted by Gasteiger charge is -2.23. The molecule has 5 N–H and O–H groups in total. The molecule has 1 unspecified atom stereocenters. The van der Waals surface area contributed by atoms with E-state index >= 15 is 0 Å². The highest BCUT2D eigenvalue weighted by molar-refractivity contribution is 7.89. The van der Waals surface area contributed by atoms with Crippen LogP contribution in [0.1, 0.15) is 17.4 Å². The summed E-state index contributed by atoms with van der Waals surface area (Å²) in [6.45, 7) is 1.37. The molecule has 2 aliphatic rings. The average molecular weight is 532 g/mol. The molecule has 0 aliphatic carbocycles. The van der Waals surface area contributed by atoms with Crippen LogP contribution in [0.4, 0.5) is 18.9 Å². The second-order valence-corrected chi connectivity index (χ2v) is 10.5. The zero-order chi connectivity index (χ0) is 26.5. The molecule has 2 amide bonds. The molecular formula is C21H24F3N5O6S. The van der Waals surface area contributed by atoms with Gasteiger partial charge in [-0.15, -0.1) is 0 Å². The topological polar surface area (TPSA) is 156 Å². The van der Waals surface area contributed by atoms with Crippen molar-refractivity contribution in [1.29, 1.82) is 0 Å². The molecule has 4 atom stereocenters. The number of benzene rings is 1. The molecule has 1 fully saturated rings. The van der Waals surface area contributed by atoms with Gasteiger partial charge >= 0.3 is 0 Å². The number of halogens is 3. The van der Waals surface area contributed by atoms with E-state index in [1.165, 1.54) is 23.4 Å². The first-order valence-corrected chi connectivity index (χ1v) is 12.3. The number of fused-ring (bicyclic) bond motifs is 2. The second kappa shape index (κ2) is 9.38. The van der Waals surface area contributed by atoms with Gasteiger partial charge in [-0.05, 0) is 6.92 Å². The van der Waals surface area contributed by atoms with Gasteiger partial charge in [0.25, 0.3) is 5.91 Å². The van der Waals surface area contributed by atoms with Gasteiger partial charge in [-0.1, -0.05) is 0 Å². The van der Waals surface area contributed by atoms with Crippen LogP contribution in [-0.4, -0.2) is 72.7 Å². The maximum atomic E-state index is 13.6. The number of ether oxygens (including phenoxy) is 1. The van der Waals surface area contributed by atoms with E-state index in [1.807, 2.05) is 0 Å². The van der Waals surface area contributed by atoms with Crippen LogP contribution in [-0.2, 0) is 21.9 Å². The Kier molecular flexibility index (Phi) is 6.76. The van der Waals surface area contributed by atoms with Crippen LogP contribution in [0.5, 0.6) is 5.75 Å². The molecule has 196 valence electrons. The summed E-state index contributed by atoms with van der Waals surface area (Å²) in [7, 11) is -2.85. The average Bonchev–Trinajstić information content (AvgIpc) is 3.34. The highest BCUT2D eigenvalue weighted by Crippen LogP contribution is 2.35. The first-order valence-electron chi connectivity index (χ1n) is 10.8. The van der Waals surface area contributed by atoms with Crippen LogP contribution < -0.4 is 20.5 Å². The van der Waals surface area contributed by atoms with Crippen LogP contribution in [0.2, 0.25) is 0 Å². The lowest BCUT2D eigenvalue weighted by Crippen LogP contribution is -2.49. The van der Waals surface area contributed by atoms with E-state index in [0.29, 0.717) is 12.1 Å². The Labute approximate surface area is 204 Å². The third-order valence-electron chi connectivity index (χ3n) is 6.15. The van der Waals surface area contributed by atoms with E-state index in [1.54, 1.807) is 0 Å². The fourth-order valence-electron chi connectivity index (χ4n) is 4.21. The summed E-state index contributed by atoms with van der Waals surface area (Å²) in [5.74, 6) is -7.04. The summed E-state index contributed by atoms with van der Waals surface area (Å²) in [6.07, 6.45) is 0.0351. The predicted octanol–water partition coefficient (Wildman–Crippen LogP) is -0.0995. The number of carbonyl (C=O) groups is 2. The number of rotatable bonds is 4. The Morgan fingerprint density at radius 1 is 1.25 bits per heavy atom. The number of nitrogens with two attached hydrogens (primary N) is 1. The zero-order valence-corrected chi connectivity index (χ0v) is 20.0. The number of amides is 2. The fourth-order valence-corrected chi connectivity index (χ4v) is 5.70. The summed E-state index contributed by atoms with van der Waals surface area (Å²) in [6, 6.07) is -0.735. The molecule has 1 aromatic carbocycles. The largest absolute Gasteiger partial charge is 0.489 e. The molecule has 1 aromatic heterocycles. The summed E-state index contributed by atoms with van der Waals surface area (Å²) in [5.41, 5.74) is 5.08. The van der Waals surface area contributed by atoms with Gasteiger partial charge in [0.15, 0.2) is 28.9 Å². The van der Waals surface area contributed by atoms with Crippen LogP contribution >= 0.6 is 0 Å². The van der Waals surface area contributed by atoms with Gasteiger partial charge in [0.2, 0.25) is 15.9 Å². The number of nitrogens with zero attached hydrogens (tertiary/aromatic N) is 2. The van der Waals surface area contributed by atoms with Crippen LogP contribution in [0.25, 0.3) is 0 Å². The standard InChI is InChI=1S/C21H24F3N5O6S/c1-9(30)17(25)21(32)29-5-10-8-35-19-15(36(33,34)27-14(10)6-29)7-28(2)18(19)20(31)26-11-3-12(22)16(24)13(23)4-11/h3-4,7,9-10,14,17,27,30H,5-6,8,25H2,1-2H3,(H,26,31)/t9?,10-,14-,17-/m0/s1. The Bertz CT molecular complexity index is 1310. The number of aliphatic hydroxyl groups is 1. The Morgan fingerprint density at radius 3 is 2.50 bits per heavy atom. The molecule has 0 spiro atoms. The number of anilines is 1. The molecule has 36 heavy (non-hydrogen) atoms. The Balaban J connectivity index is 1.61. The minimum atomic E-state index is -4.23. The molecule has 15 heteroatoms. The van der Waals surface area contributed by atoms with Crippen molar-refractivity contribution >= 4 is 27.5 Å². The second-order valence-electron chi connectivity index (χ2n) is 8.80. The number of hydrogen-bond acceptors (Lipinski definition) is 7. The van der Waals surface area contributed by atoms with Crippen molar-refractivity contribution in [2.24, 2.45) is 18.7 Å². The van der Waals surface area contributed by atoms with E-state index in [9.17, 15) is 36.3 Å². The van der Waals surface area contributed by atoms with Gasteiger partial charge in [0, 0.05) is 56.1 Å². The number of aromatic nitrogens is 1. The van der Waals surface area contributed by atoms with Gasteiger partial charge in [-0.2, -0.15) is 0 Å². The summed E-state index contributed by atoms with van der Waals surface area (Å²) >= 11 is 0. The normalized spacial score (nSPS) is 22.5. The molecule has 2 aliphatic heterocycles. The van der Waals surface area contributed by atoms with Crippen molar-refractivity contribution < 1.29 is 41.0 Å². The quantitative estimate of drug-likeness (QED) is 0.402. The van der Waals surface area contributed by atoms with Crippen LogP contribution in [0.3, 0.4) is 0 Å². The molecule has 0 saturated carbocycles. The molecule has 4 rings (SSSR count). The molecule has 11 nitrogen and oxygen atoms in total. The smallest absolute Gasteiger partial charge is 0.276 e. The predicted molar refractivity (Wildman–Crippen MR) is 119 cm³/mol. The van der Waals surface area contributed by atoms with Gasteiger partial charge in [-0.25, -0.2) is 26.3 Å². The van der Waals surface area contributed by atoms with E-state index < -0.39 is 69.1 Å². The monoisotopic (exact) mass is 531 g/mol. The van der Waals surface area contributed by atoms with E-state index in [-0.39, 0.29) is 36.0 Å². The summed E-state index contributed by atoms with van der Waals surface area (Å²) < 4.78 is 76.1. The first kappa shape index (κ1) is 25.9. The van der Waals surface area contributed by atoms with E-state index in [4.69, 9.17) is 10.5 Å². The van der Waals surface area contributed by atoms with Crippen molar-refractivity contribution in [3.8, 4) is 5.75 Å². The number of sulfonamides is 1. The van der Waals surface area contributed by atoms with Crippen molar-refractivity contribution in [3.63, 3.8) is 0 Å². The SMILES string of the molecule is CC(O)[C@H](N)C(=O)N1C[C@H]2COc3c(cn(C)c3C(=O)Nc3cc(F)c(F)c(F)c3)S(=O)(=O)N[C@H]2C1. The van der Waals surface area contributed by atoms with Crippen molar-refractivity contribution in [2.75, 3.05) is 25.0 Å². The number of hydrogen-bond donors (Lipinski definition) is 4. The molecule has 0 bridgehead atoms. The molecule has 2 aromatic rings. The highest BCUT2D eigenvalue weighted by atomic mass is 32.2. The van der Waals surface area contributed by atoms with Crippen LogP contribution in [0, 0.1) is 23.4 Å². The van der Waals surface area contributed by atoms with Gasteiger partial charge in [0.05, 0.1) is 12.7 Å².